The van der Waals surface area contributed by atoms with Crippen LogP contribution in [0.3, 0.4) is 0 Å². The number of amides is 1. The molecule has 24 heavy (non-hydrogen) atoms. The summed E-state index contributed by atoms with van der Waals surface area (Å²) in [5.41, 5.74) is 0.542. The number of hydrogen-bond donors (Lipinski definition) is 0. The van der Waals surface area contributed by atoms with Gasteiger partial charge in [-0.05, 0) is 25.0 Å². The maximum Gasteiger partial charge on any atom is 0.238 e. The fraction of sp³-hybridized carbons (Fsp3) is 0.562. The van der Waals surface area contributed by atoms with Gasteiger partial charge in [0, 0.05) is 32.2 Å². The minimum absolute atomic E-state index is 0.0244. The monoisotopic (exact) mass is 355 g/mol. The van der Waals surface area contributed by atoms with Gasteiger partial charge >= 0.3 is 0 Å². The topological polar surface area (TPSA) is 60.9 Å². The van der Waals surface area contributed by atoms with E-state index in [0.717, 1.165) is 19.1 Å². The van der Waals surface area contributed by atoms with Gasteiger partial charge in [0.2, 0.25) is 15.9 Å². The lowest BCUT2D eigenvalue weighted by Gasteiger charge is -2.37. The summed E-state index contributed by atoms with van der Waals surface area (Å²) in [6.45, 7) is 1.91. The first-order chi connectivity index (χ1) is 11.4. The van der Waals surface area contributed by atoms with Crippen molar-refractivity contribution < 1.29 is 17.6 Å². The first kappa shape index (κ1) is 17.2. The number of anilines is 1. The largest absolute Gasteiger partial charge is 0.366 e. The molecule has 2 fully saturated rings. The number of piperazine rings is 1. The van der Waals surface area contributed by atoms with Gasteiger partial charge in [-0.3, -0.25) is 4.79 Å². The molecule has 8 heteroatoms. The lowest BCUT2D eigenvalue weighted by atomic mass is 10.2. The second-order valence-electron chi connectivity index (χ2n) is 6.36. The zero-order valence-corrected chi connectivity index (χ0v) is 14.5. The average molecular weight is 355 g/mol. The highest BCUT2D eigenvalue weighted by Crippen LogP contribution is 2.29. The zero-order chi connectivity index (χ0) is 17.3. The first-order valence-corrected chi connectivity index (χ1v) is 9.95. The maximum atomic E-state index is 13.8. The van der Waals surface area contributed by atoms with Gasteiger partial charge in [0.1, 0.15) is 5.82 Å². The smallest absolute Gasteiger partial charge is 0.238 e. The van der Waals surface area contributed by atoms with Gasteiger partial charge in [0.15, 0.2) is 0 Å². The van der Waals surface area contributed by atoms with Crippen LogP contribution in [-0.2, 0) is 14.8 Å². The van der Waals surface area contributed by atoms with Crippen molar-refractivity contribution in [1.82, 2.24) is 9.21 Å². The number of carbonyl (C=O) groups is 1. The highest BCUT2D eigenvalue weighted by Gasteiger charge is 2.37. The van der Waals surface area contributed by atoms with E-state index in [2.05, 4.69) is 0 Å². The molecule has 1 aliphatic heterocycles. The molecule has 6 nitrogen and oxygen atoms in total. The molecule has 0 unspecified atom stereocenters. The molecular formula is C16H22FN3O3S. The molecule has 1 saturated heterocycles. The Hall–Kier alpha value is -1.67. The van der Waals surface area contributed by atoms with Crippen LogP contribution in [0.1, 0.15) is 12.8 Å². The highest BCUT2D eigenvalue weighted by molar-refractivity contribution is 7.88. The molecule has 0 spiro atoms. The Morgan fingerprint density at radius 1 is 1.21 bits per heavy atom. The van der Waals surface area contributed by atoms with Crippen LogP contribution in [0.4, 0.5) is 10.1 Å². The minimum atomic E-state index is -3.37. The number of halogens is 1. The predicted molar refractivity (Wildman–Crippen MR) is 89.8 cm³/mol. The van der Waals surface area contributed by atoms with Crippen molar-refractivity contribution in [1.29, 1.82) is 0 Å². The Kier molecular flexibility index (Phi) is 4.78. The van der Waals surface area contributed by atoms with E-state index in [4.69, 9.17) is 0 Å². The summed E-state index contributed by atoms with van der Waals surface area (Å²) in [5, 5.41) is 0. The molecule has 0 radical (unpaired) electrons. The fourth-order valence-electron chi connectivity index (χ4n) is 3.02. The van der Waals surface area contributed by atoms with Crippen LogP contribution in [0.2, 0.25) is 0 Å². The van der Waals surface area contributed by atoms with Crippen LogP contribution < -0.4 is 4.90 Å². The van der Waals surface area contributed by atoms with Gasteiger partial charge in [-0.2, -0.15) is 4.31 Å². The summed E-state index contributed by atoms with van der Waals surface area (Å²) in [6, 6.07) is 6.56. The Morgan fingerprint density at radius 2 is 1.83 bits per heavy atom. The van der Waals surface area contributed by atoms with Gasteiger partial charge in [0.25, 0.3) is 0 Å². The number of para-hydroxylation sites is 1. The van der Waals surface area contributed by atoms with E-state index in [1.54, 1.807) is 23.1 Å². The van der Waals surface area contributed by atoms with E-state index in [1.807, 2.05) is 4.90 Å². The van der Waals surface area contributed by atoms with Crippen molar-refractivity contribution >= 4 is 21.6 Å². The van der Waals surface area contributed by atoms with E-state index < -0.39 is 10.0 Å². The van der Waals surface area contributed by atoms with Crippen molar-refractivity contribution in [3.8, 4) is 0 Å². The number of benzene rings is 1. The predicted octanol–water partition coefficient (Wildman–Crippen LogP) is 0.898. The lowest BCUT2D eigenvalue weighted by Crippen LogP contribution is -2.52. The molecule has 1 amide bonds. The third-order valence-electron chi connectivity index (χ3n) is 4.50. The van der Waals surface area contributed by atoms with Crippen molar-refractivity contribution in [2.45, 2.75) is 18.9 Å². The summed E-state index contributed by atoms with van der Waals surface area (Å²) in [6.07, 6.45) is 2.79. The third kappa shape index (κ3) is 3.87. The van der Waals surface area contributed by atoms with Crippen LogP contribution in [0, 0.1) is 5.82 Å². The average Bonchev–Trinajstić information content (AvgIpc) is 3.36. The third-order valence-corrected chi connectivity index (χ3v) is 5.78. The quantitative estimate of drug-likeness (QED) is 0.787. The molecule has 1 heterocycles. The molecule has 132 valence electrons. The standard InChI is InChI=1S/C16H22FN3O3S/c1-24(22,23)20(13-6-7-13)12-16(21)19-10-8-18(9-11-19)15-5-3-2-4-14(15)17/h2-5,13H,6-12H2,1H3. The van der Waals surface area contributed by atoms with Gasteiger partial charge in [0.05, 0.1) is 18.5 Å². The normalized spacial score (nSPS) is 19.0. The molecule has 1 aromatic carbocycles. The van der Waals surface area contributed by atoms with E-state index in [9.17, 15) is 17.6 Å². The number of hydrogen-bond acceptors (Lipinski definition) is 4. The Labute approximate surface area is 141 Å². The molecule has 0 atom stereocenters. The van der Waals surface area contributed by atoms with E-state index in [-0.39, 0.29) is 24.3 Å². The van der Waals surface area contributed by atoms with Crippen molar-refractivity contribution in [3.05, 3.63) is 30.1 Å². The summed E-state index contributed by atoms with van der Waals surface area (Å²) < 4.78 is 38.8. The van der Waals surface area contributed by atoms with Crippen LogP contribution in [0.25, 0.3) is 0 Å². The Balaban J connectivity index is 1.58. The number of carbonyl (C=O) groups excluding carboxylic acids is 1. The van der Waals surface area contributed by atoms with Gasteiger partial charge < -0.3 is 9.80 Å². The molecular weight excluding hydrogens is 333 g/mol. The number of rotatable bonds is 5. The van der Waals surface area contributed by atoms with E-state index >= 15 is 0 Å². The SMILES string of the molecule is CS(=O)(=O)N(CC(=O)N1CCN(c2ccccc2F)CC1)C1CC1. The second-order valence-corrected chi connectivity index (χ2v) is 8.29. The summed E-state index contributed by atoms with van der Waals surface area (Å²) in [7, 11) is -3.37. The highest BCUT2D eigenvalue weighted by atomic mass is 32.2. The van der Waals surface area contributed by atoms with Gasteiger partial charge in [-0.15, -0.1) is 0 Å². The second kappa shape index (κ2) is 6.68. The van der Waals surface area contributed by atoms with Crippen LogP contribution in [0.15, 0.2) is 24.3 Å². The van der Waals surface area contributed by atoms with Crippen LogP contribution >= 0.6 is 0 Å². The van der Waals surface area contributed by atoms with Crippen LogP contribution in [0.5, 0.6) is 0 Å². The maximum absolute atomic E-state index is 13.8. The summed E-state index contributed by atoms with van der Waals surface area (Å²) in [5.74, 6) is -0.449. The van der Waals surface area contributed by atoms with Crippen molar-refractivity contribution in [3.63, 3.8) is 0 Å². The molecule has 0 bridgehead atoms. The minimum Gasteiger partial charge on any atom is -0.366 e. The van der Waals surface area contributed by atoms with Crippen molar-refractivity contribution in [2.75, 3.05) is 43.9 Å². The van der Waals surface area contributed by atoms with Gasteiger partial charge in [-0.1, -0.05) is 12.1 Å². The molecule has 1 aromatic rings. The fourth-order valence-corrected chi connectivity index (χ4v) is 4.12. The van der Waals surface area contributed by atoms with E-state index in [1.165, 1.54) is 10.4 Å². The molecule has 0 aromatic heterocycles. The number of nitrogens with zero attached hydrogens (tertiary/aromatic N) is 3. The Morgan fingerprint density at radius 3 is 2.38 bits per heavy atom. The van der Waals surface area contributed by atoms with Crippen molar-refractivity contribution in [2.24, 2.45) is 0 Å². The first-order valence-electron chi connectivity index (χ1n) is 8.10. The van der Waals surface area contributed by atoms with Crippen LogP contribution in [-0.4, -0.2) is 68.6 Å². The molecule has 3 rings (SSSR count). The molecule has 1 saturated carbocycles. The van der Waals surface area contributed by atoms with E-state index in [0.29, 0.717) is 31.9 Å². The molecule has 2 aliphatic rings. The summed E-state index contributed by atoms with van der Waals surface area (Å²) >= 11 is 0. The Bertz CT molecular complexity index is 713. The molecule has 1 aliphatic carbocycles. The van der Waals surface area contributed by atoms with Gasteiger partial charge in [-0.25, -0.2) is 12.8 Å². The number of sulfonamides is 1. The summed E-state index contributed by atoms with van der Waals surface area (Å²) in [4.78, 5) is 16.0. The lowest BCUT2D eigenvalue weighted by molar-refractivity contribution is -0.131. The molecule has 0 N–H and O–H groups in total. The zero-order valence-electron chi connectivity index (χ0n) is 13.7.